The van der Waals surface area contributed by atoms with E-state index in [1.54, 1.807) is 10.7 Å². The molecule has 10 heteroatoms. The van der Waals surface area contributed by atoms with E-state index in [4.69, 9.17) is 11.5 Å². The summed E-state index contributed by atoms with van der Waals surface area (Å²) in [5.41, 5.74) is 12.0. The second kappa shape index (κ2) is 7.38. The lowest BCUT2D eigenvalue weighted by Crippen LogP contribution is -2.21. The number of hydrogen-bond acceptors (Lipinski definition) is 9. The first kappa shape index (κ1) is 15.0. The molecule has 0 atom stereocenters. The first-order valence-electron chi connectivity index (χ1n) is 5.86. The summed E-state index contributed by atoms with van der Waals surface area (Å²) < 4.78 is 1.56. The van der Waals surface area contributed by atoms with Crippen LogP contribution in [0.4, 0.5) is 0 Å². The van der Waals surface area contributed by atoms with Gasteiger partial charge in [0.05, 0.1) is 23.7 Å². The second-order valence-corrected chi connectivity index (χ2v) is 4.20. The van der Waals surface area contributed by atoms with E-state index in [1.807, 2.05) is 30.3 Å². The van der Waals surface area contributed by atoms with Crippen LogP contribution in [0.2, 0.25) is 0 Å². The van der Waals surface area contributed by atoms with Crippen LogP contribution >= 0.6 is 12.6 Å². The summed E-state index contributed by atoms with van der Waals surface area (Å²) in [6, 6.07) is 11.2. The molecule has 2 heterocycles. The van der Waals surface area contributed by atoms with Gasteiger partial charge in [-0.2, -0.15) is 4.68 Å². The highest BCUT2D eigenvalue weighted by atomic mass is 32.1. The third kappa shape index (κ3) is 4.27. The molecule has 0 fully saturated rings. The molecule has 0 radical (unpaired) electrons. The van der Waals surface area contributed by atoms with Crippen LogP contribution in [0.1, 0.15) is 11.9 Å². The van der Waals surface area contributed by atoms with Crippen LogP contribution < -0.4 is 11.5 Å². The van der Waals surface area contributed by atoms with Crippen molar-refractivity contribution in [2.24, 2.45) is 11.5 Å². The highest BCUT2D eigenvalue weighted by molar-refractivity contribution is 7.80. The highest BCUT2D eigenvalue weighted by Gasteiger charge is 2.01. The molecule has 0 unspecified atom stereocenters. The molecule has 3 rings (SSSR count). The number of nitrogens with zero attached hydrogens (tertiary/aromatic N) is 7. The van der Waals surface area contributed by atoms with E-state index in [0.717, 1.165) is 5.69 Å². The van der Waals surface area contributed by atoms with Crippen molar-refractivity contribution < 1.29 is 0 Å². The lowest BCUT2D eigenvalue weighted by molar-refractivity contribution is 0.693. The van der Waals surface area contributed by atoms with Crippen LogP contribution in [0.5, 0.6) is 0 Å². The number of nitrogens with two attached hydrogens (primary N) is 2. The standard InChI is InChI=1S/C7H6N4S.C4H7N5/c12-7-8-9-10-11(7)6-4-2-1-3-5-6;5-4(6)3-1-2-7-9-8-3/h1-5H,(H,8,10,12);1-2,4H,5-6H2. The van der Waals surface area contributed by atoms with Crippen molar-refractivity contribution in [1.29, 1.82) is 0 Å². The molecule has 0 amide bonds. The Balaban J connectivity index is 0.000000161. The Morgan fingerprint density at radius 3 is 2.24 bits per heavy atom. The summed E-state index contributed by atoms with van der Waals surface area (Å²) in [4.78, 5) is 0. The summed E-state index contributed by atoms with van der Waals surface area (Å²) in [6.07, 6.45) is 0.940. The van der Waals surface area contributed by atoms with E-state index < -0.39 is 6.17 Å². The van der Waals surface area contributed by atoms with Crippen molar-refractivity contribution in [1.82, 2.24) is 35.6 Å². The fourth-order valence-corrected chi connectivity index (χ4v) is 1.54. The van der Waals surface area contributed by atoms with Crippen molar-refractivity contribution in [3.63, 3.8) is 0 Å². The minimum atomic E-state index is -0.555. The molecule has 0 spiro atoms. The molecule has 9 nitrogen and oxygen atoms in total. The van der Waals surface area contributed by atoms with Gasteiger partial charge in [-0.15, -0.1) is 27.9 Å². The molecular formula is C11H13N9S. The quantitative estimate of drug-likeness (QED) is 0.435. The van der Waals surface area contributed by atoms with Gasteiger partial charge >= 0.3 is 0 Å². The van der Waals surface area contributed by atoms with Gasteiger partial charge in [0.25, 0.3) is 0 Å². The van der Waals surface area contributed by atoms with E-state index in [2.05, 4.69) is 43.6 Å². The van der Waals surface area contributed by atoms with Gasteiger partial charge in [-0.3, -0.25) is 0 Å². The van der Waals surface area contributed by atoms with E-state index >= 15 is 0 Å². The zero-order valence-corrected chi connectivity index (χ0v) is 11.7. The third-order valence-corrected chi connectivity index (χ3v) is 2.60. The molecule has 21 heavy (non-hydrogen) atoms. The Hall–Kier alpha value is -2.43. The van der Waals surface area contributed by atoms with Gasteiger partial charge in [0, 0.05) is 0 Å². The number of rotatable bonds is 2. The summed E-state index contributed by atoms with van der Waals surface area (Å²) in [5, 5.41) is 21.8. The second-order valence-electron chi connectivity index (χ2n) is 3.80. The van der Waals surface area contributed by atoms with Crippen LogP contribution in [-0.2, 0) is 0 Å². The average Bonchev–Trinajstić information content (AvgIpc) is 2.96. The maximum absolute atomic E-state index is 5.26. The summed E-state index contributed by atoms with van der Waals surface area (Å²) in [5.74, 6) is 0. The summed E-state index contributed by atoms with van der Waals surface area (Å²) >= 11 is 4.09. The summed E-state index contributed by atoms with van der Waals surface area (Å²) in [6.45, 7) is 0. The first-order valence-corrected chi connectivity index (χ1v) is 6.31. The molecule has 3 aromatic rings. The Morgan fingerprint density at radius 1 is 1.00 bits per heavy atom. The number of aromatic nitrogens is 7. The average molecular weight is 303 g/mol. The minimum absolute atomic E-state index is 0.487. The first-order chi connectivity index (χ1) is 10.2. The maximum atomic E-state index is 5.26. The zero-order chi connectivity index (χ0) is 15.1. The molecule has 0 bridgehead atoms. The van der Waals surface area contributed by atoms with Gasteiger partial charge in [-0.1, -0.05) is 18.2 Å². The molecule has 0 saturated heterocycles. The molecule has 0 aliphatic rings. The van der Waals surface area contributed by atoms with Crippen molar-refractivity contribution >= 4 is 12.6 Å². The molecule has 0 aliphatic carbocycles. The molecule has 108 valence electrons. The Morgan fingerprint density at radius 2 is 1.76 bits per heavy atom. The van der Waals surface area contributed by atoms with Crippen molar-refractivity contribution in [2.75, 3.05) is 0 Å². The van der Waals surface area contributed by atoms with Crippen LogP contribution in [0.3, 0.4) is 0 Å². The number of tetrazole rings is 1. The Kier molecular flexibility index (Phi) is 5.26. The van der Waals surface area contributed by atoms with Crippen molar-refractivity contribution in [3.8, 4) is 5.69 Å². The summed E-state index contributed by atoms with van der Waals surface area (Å²) in [7, 11) is 0. The molecule has 0 saturated carbocycles. The van der Waals surface area contributed by atoms with Gasteiger partial charge < -0.3 is 11.5 Å². The smallest absolute Gasteiger partial charge is 0.211 e. The van der Waals surface area contributed by atoms with Crippen LogP contribution in [0.15, 0.2) is 47.8 Å². The predicted octanol–water partition coefficient (Wildman–Crippen LogP) is -0.261. The van der Waals surface area contributed by atoms with E-state index in [9.17, 15) is 0 Å². The van der Waals surface area contributed by atoms with Crippen LogP contribution in [0.25, 0.3) is 5.69 Å². The van der Waals surface area contributed by atoms with Gasteiger partial charge in [0.1, 0.15) is 0 Å². The third-order valence-electron chi connectivity index (χ3n) is 2.32. The monoisotopic (exact) mass is 303 g/mol. The van der Waals surface area contributed by atoms with E-state index in [-0.39, 0.29) is 0 Å². The molecule has 1 aromatic carbocycles. The largest absolute Gasteiger partial charge is 0.311 e. The van der Waals surface area contributed by atoms with Gasteiger partial charge in [0.15, 0.2) is 0 Å². The molecule has 2 aromatic heterocycles. The Bertz CT molecular complexity index is 656. The van der Waals surface area contributed by atoms with Crippen LogP contribution in [0, 0.1) is 0 Å². The predicted molar refractivity (Wildman–Crippen MR) is 77.3 cm³/mol. The molecule has 4 N–H and O–H groups in total. The highest BCUT2D eigenvalue weighted by Crippen LogP contribution is 2.08. The minimum Gasteiger partial charge on any atom is -0.311 e. The fourth-order valence-electron chi connectivity index (χ4n) is 1.35. The SMILES string of the molecule is NC(N)c1ccnnn1.Sc1nnnn1-c1ccccc1. The lowest BCUT2D eigenvalue weighted by Gasteiger charge is -1.99. The Labute approximate surface area is 125 Å². The van der Waals surface area contributed by atoms with Gasteiger partial charge in [0.2, 0.25) is 5.16 Å². The number of para-hydroxylation sites is 1. The van der Waals surface area contributed by atoms with Gasteiger partial charge in [-0.25, -0.2) is 0 Å². The van der Waals surface area contributed by atoms with Crippen LogP contribution in [-0.4, -0.2) is 35.6 Å². The molecular weight excluding hydrogens is 290 g/mol. The zero-order valence-electron chi connectivity index (χ0n) is 10.9. The fraction of sp³-hybridized carbons (Fsp3) is 0.0909. The van der Waals surface area contributed by atoms with E-state index in [1.165, 1.54) is 6.20 Å². The number of thiol groups is 1. The van der Waals surface area contributed by atoms with Gasteiger partial charge in [-0.05, 0) is 33.8 Å². The van der Waals surface area contributed by atoms with Crippen molar-refractivity contribution in [2.45, 2.75) is 11.3 Å². The number of benzene rings is 1. The normalized spacial score (nSPS) is 10.1. The van der Waals surface area contributed by atoms with Crippen molar-refractivity contribution in [3.05, 3.63) is 48.3 Å². The maximum Gasteiger partial charge on any atom is 0.211 e. The lowest BCUT2D eigenvalue weighted by atomic mass is 10.3. The molecule has 0 aliphatic heterocycles. The van der Waals surface area contributed by atoms with E-state index in [0.29, 0.717) is 10.9 Å². The topological polar surface area (TPSA) is 134 Å². The number of hydrogen-bond donors (Lipinski definition) is 3.